The van der Waals surface area contributed by atoms with Crippen molar-refractivity contribution in [1.82, 2.24) is 0 Å². The van der Waals surface area contributed by atoms with Gasteiger partial charge in [-0.3, -0.25) is 9.59 Å². The summed E-state index contributed by atoms with van der Waals surface area (Å²) in [7, 11) is 0. The van der Waals surface area contributed by atoms with Gasteiger partial charge in [0, 0.05) is 10.2 Å². The molecular weight excluding hydrogens is 350 g/mol. The maximum Gasteiger partial charge on any atom is 0.310 e. The number of nitrogens with one attached hydrogen (secondary N) is 1. The number of ether oxygens (including phenoxy) is 1. The fourth-order valence-electron chi connectivity index (χ4n) is 3.11. The largest absolute Gasteiger partial charge is 0.481 e. The molecule has 1 amide bonds. The van der Waals surface area contributed by atoms with Crippen molar-refractivity contribution < 1.29 is 19.4 Å². The number of rotatable bonds is 4. The van der Waals surface area contributed by atoms with Crippen LogP contribution < -0.4 is 5.32 Å². The Hall–Kier alpha value is -1.66. The minimum Gasteiger partial charge on any atom is -0.481 e. The summed E-state index contributed by atoms with van der Waals surface area (Å²) >= 11 is 3.41. The highest BCUT2D eigenvalue weighted by atomic mass is 79.9. The van der Waals surface area contributed by atoms with Crippen molar-refractivity contribution in [3.8, 4) is 0 Å². The summed E-state index contributed by atoms with van der Waals surface area (Å²) in [5.74, 6) is -2.82. The molecule has 22 heavy (non-hydrogen) atoms. The number of halogens is 1. The van der Waals surface area contributed by atoms with E-state index in [4.69, 9.17) is 4.74 Å². The van der Waals surface area contributed by atoms with E-state index in [2.05, 4.69) is 21.2 Å². The zero-order chi connectivity index (χ0) is 15.9. The van der Waals surface area contributed by atoms with E-state index < -0.39 is 30.0 Å². The second-order valence-electron chi connectivity index (χ2n) is 5.48. The molecule has 1 saturated heterocycles. The van der Waals surface area contributed by atoms with E-state index in [0.717, 1.165) is 16.5 Å². The standard InChI is InChI=1S/C16H16BrNO4/c1-2-8-7-9(17)3-4-10(8)18-15(19)13-11-5-6-12(22-11)14(13)16(20)21/h3-7,11-14H,2H2,1H3,(H,18,19)(H,20,21)/t11-,12-,13+,14-/m1/s1. The topological polar surface area (TPSA) is 75.6 Å². The fourth-order valence-corrected chi connectivity index (χ4v) is 3.52. The molecular formula is C16H16BrNO4. The zero-order valence-corrected chi connectivity index (χ0v) is 13.5. The number of carboxylic acid groups (broad SMARTS) is 1. The van der Waals surface area contributed by atoms with Crippen molar-refractivity contribution >= 4 is 33.5 Å². The number of aliphatic carboxylic acids is 1. The number of carbonyl (C=O) groups is 2. The summed E-state index contributed by atoms with van der Waals surface area (Å²) in [6.45, 7) is 2.00. The number of anilines is 1. The molecule has 0 aromatic heterocycles. The van der Waals surface area contributed by atoms with Crippen molar-refractivity contribution in [2.24, 2.45) is 11.8 Å². The van der Waals surface area contributed by atoms with Crippen LogP contribution in [0, 0.1) is 11.8 Å². The summed E-state index contributed by atoms with van der Waals surface area (Å²) < 4.78 is 6.47. The first kappa shape index (κ1) is 15.2. The highest BCUT2D eigenvalue weighted by molar-refractivity contribution is 9.10. The van der Waals surface area contributed by atoms with Gasteiger partial charge in [0.1, 0.15) is 5.92 Å². The van der Waals surface area contributed by atoms with E-state index in [9.17, 15) is 14.7 Å². The molecule has 6 heteroatoms. The lowest BCUT2D eigenvalue weighted by atomic mass is 9.82. The summed E-state index contributed by atoms with van der Waals surface area (Å²) in [6.07, 6.45) is 3.31. The third-order valence-corrected chi connectivity index (χ3v) is 4.69. The minimum atomic E-state index is -0.997. The third-order valence-electron chi connectivity index (χ3n) is 4.19. The Morgan fingerprint density at radius 3 is 2.59 bits per heavy atom. The van der Waals surface area contributed by atoms with Crippen LogP contribution in [0.2, 0.25) is 0 Å². The molecule has 2 aliphatic heterocycles. The quantitative estimate of drug-likeness (QED) is 0.804. The van der Waals surface area contributed by atoms with Crippen LogP contribution in [-0.2, 0) is 20.7 Å². The van der Waals surface area contributed by atoms with Crippen LogP contribution in [0.25, 0.3) is 0 Å². The van der Waals surface area contributed by atoms with Gasteiger partial charge in [-0.15, -0.1) is 0 Å². The molecule has 0 radical (unpaired) electrons. The number of hydrogen-bond donors (Lipinski definition) is 2. The first-order valence-electron chi connectivity index (χ1n) is 7.17. The van der Waals surface area contributed by atoms with Gasteiger partial charge in [0.25, 0.3) is 0 Å². The van der Waals surface area contributed by atoms with Gasteiger partial charge in [0.05, 0.1) is 18.1 Å². The van der Waals surface area contributed by atoms with Crippen molar-refractivity contribution in [2.75, 3.05) is 5.32 Å². The van der Waals surface area contributed by atoms with E-state index in [1.807, 2.05) is 25.1 Å². The minimum absolute atomic E-state index is 0.304. The first-order valence-corrected chi connectivity index (χ1v) is 7.96. The van der Waals surface area contributed by atoms with Gasteiger partial charge >= 0.3 is 5.97 Å². The zero-order valence-electron chi connectivity index (χ0n) is 12.0. The van der Waals surface area contributed by atoms with Crippen LogP contribution in [-0.4, -0.2) is 29.2 Å². The Labute approximate surface area is 136 Å². The average Bonchev–Trinajstić information content (AvgIpc) is 3.09. The van der Waals surface area contributed by atoms with Gasteiger partial charge in [0.2, 0.25) is 5.91 Å². The van der Waals surface area contributed by atoms with Gasteiger partial charge in [-0.2, -0.15) is 0 Å². The van der Waals surface area contributed by atoms with Gasteiger partial charge in [-0.25, -0.2) is 0 Å². The molecule has 3 rings (SSSR count). The second-order valence-corrected chi connectivity index (χ2v) is 6.40. The first-order chi connectivity index (χ1) is 10.5. The molecule has 0 saturated carbocycles. The molecule has 0 unspecified atom stereocenters. The van der Waals surface area contributed by atoms with E-state index in [1.54, 1.807) is 12.2 Å². The number of fused-ring (bicyclic) bond motifs is 2. The van der Waals surface area contributed by atoms with Gasteiger partial charge in [-0.1, -0.05) is 35.0 Å². The number of aryl methyl sites for hydroxylation is 1. The summed E-state index contributed by atoms with van der Waals surface area (Å²) in [6, 6.07) is 5.61. The summed E-state index contributed by atoms with van der Waals surface area (Å²) in [5.41, 5.74) is 1.71. The Kier molecular flexibility index (Phi) is 4.06. The second kappa shape index (κ2) is 5.85. The SMILES string of the molecule is CCc1cc(Br)ccc1NC(=O)[C@@H]1[C@H](C(=O)O)[C@H]2C=C[C@H]1O2. The van der Waals surface area contributed by atoms with Crippen molar-refractivity contribution in [3.63, 3.8) is 0 Å². The Morgan fingerprint density at radius 2 is 1.95 bits per heavy atom. The summed E-state index contributed by atoms with van der Waals surface area (Å²) in [5, 5.41) is 12.2. The van der Waals surface area contributed by atoms with Crippen LogP contribution in [0.3, 0.4) is 0 Å². The molecule has 5 nitrogen and oxygen atoms in total. The molecule has 1 aromatic carbocycles. The fraction of sp³-hybridized carbons (Fsp3) is 0.375. The predicted molar refractivity (Wildman–Crippen MR) is 84.6 cm³/mol. The molecule has 4 atom stereocenters. The average molecular weight is 366 g/mol. The van der Waals surface area contributed by atoms with Gasteiger partial charge in [-0.05, 0) is 30.2 Å². The Bertz CT molecular complexity index is 658. The molecule has 1 fully saturated rings. The highest BCUT2D eigenvalue weighted by Crippen LogP contribution is 2.40. The van der Waals surface area contributed by atoms with Crippen LogP contribution >= 0.6 is 15.9 Å². The van der Waals surface area contributed by atoms with Crippen LogP contribution in [0.15, 0.2) is 34.8 Å². The molecule has 2 aliphatic rings. The smallest absolute Gasteiger partial charge is 0.310 e. The number of amides is 1. The van der Waals surface area contributed by atoms with Crippen molar-refractivity contribution in [1.29, 1.82) is 0 Å². The third kappa shape index (κ3) is 2.57. The van der Waals surface area contributed by atoms with Gasteiger partial charge in [0.15, 0.2) is 0 Å². The normalized spacial score (nSPS) is 28.8. The molecule has 2 N–H and O–H groups in total. The number of carbonyl (C=O) groups excluding carboxylic acids is 1. The molecule has 116 valence electrons. The number of hydrogen-bond acceptors (Lipinski definition) is 3. The molecule has 1 aromatic rings. The van der Waals surface area contributed by atoms with Crippen LogP contribution in [0.5, 0.6) is 0 Å². The molecule has 2 bridgehead atoms. The lowest BCUT2D eigenvalue weighted by Gasteiger charge is -2.21. The monoisotopic (exact) mass is 365 g/mol. The van der Waals surface area contributed by atoms with Crippen LogP contribution in [0.1, 0.15) is 12.5 Å². The van der Waals surface area contributed by atoms with Crippen LogP contribution in [0.4, 0.5) is 5.69 Å². The summed E-state index contributed by atoms with van der Waals surface area (Å²) in [4.78, 5) is 24.0. The number of benzene rings is 1. The van der Waals surface area contributed by atoms with Crippen molar-refractivity contribution in [2.45, 2.75) is 25.6 Å². The maximum atomic E-state index is 12.6. The predicted octanol–water partition coefficient (Wildman–Crippen LogP) is 2.60. The molecule has 0 aliphatic carbocycles. The lowest BCUT2D eigenvalue weighted by molar-refractivity contribution is -0.145. The molecule has 2 heterocycles. The Morgan fingerprint density at radius 1 is 1.27 bits per heavy atom. The van der Waals surface area contributed by atoms with Crippen molar-refractivity contribution in [3.05, 3.63) is 40.4 Å². The van der Waals surface area contributed by atoms with E-state index in [1.165, 1.54) is 0 Å². The molecule has 0 spiro atoms. The van der Waals surface area contributed by atoms with E-state index >= 15 is 0 Å². The Balaban J connectivity index is 1.83. The van der Waals surface area contributed by atoms with E-state index in [-0.39, 0.29) is 5.91 Å². The van der Waals surface area contributed by atoms with Gasteiger partial charge < -0.3 is 15.2 Å². The van der Waals surface area contributed by atoms with E-state index in [0.29, 0.717) is 5.69 Å². The lowest BCUT2D eigenvalue weighted by Crippen LogP contribution is -2.39. The number of carboxylic acids is 1. The maximum absolute atomic E-state index is 12.6. The highest BCUT2D eigenvalue weighted by Gasteiger charge is 2.53.